The fourth-order valence-electron chi connectivity index (χ4n) is 5.37. The summed E-state index contributed by atoms with van der Waals surface area (Å²) in [6.45, 7) is 2.05. The molecule has 8 heteroatoms. The van der Waals surface area contributed by atoms with Gasteiger partial charge in [0.15, 0.2) is 0 Å². The second-order valence-corrected chi connectivity index (χ2v) is 9.17. The molecule has 3 aliphatic rings. The summed E-state index contributed by atoms with van der Waals surface area (Å²) in [7, 11) is 2.13. The zero-order valence-corrected chi connectivity index (χ0v) is 17.7. The van der Waals surface area contributed by atoms with Crippen molar-refractivity contribution in [2.75, 3.05) is 25.9 Å². The van der Waals surface area contributed by atoms with Crippen molar-refractivity contribution in [3.63, 3.8) is 0 Å². The summed E-state index contributed by atoms with van der Waals surface area (Å²) < 4.78 is 8.32. The van der Waals surface area contributed by atoms with Crippen molar-refractivity contribution in [1.82, 2.24) is 24.8 Å². The lowest BCUT2D eigenvalue weighted by atomic mass is 9.98. The SMILES string of the molecule is CN1CCC(NC(=O)C2CCC(n3cc(C4CCCC4)c4c(N)ncnc43)O2)CC1. The predicted molar refractivity (Wildman–Crippen MR) is 115 cm³/mol. The highest BCUT2D eigenvalue weighted by molar-refractivity contribution is 5.90. The number of piperidine rings is 1. The van der Waals surface area contributed by atoms with Gasteiger partial charge < -0.3 is 25.3 Å². The Bertz CT molecular complexity index is 914. The Hall–Kier alpha value is -2.19. The van der Waals surface area contributed by atoms with E-state index in [0.29, 0.717) is 11.7 Å². The monoisotopic (exact) mass is 412 g/mol. The normalized spacial score (nSPS) is 26.6. The number of rotatable bonds is 4. The highest BCUT2D eigenvalue weighted by Gasteiger charge is 2.35. The summed E-state index contributed by atoms with van der Waals surface area (Å²) in [6.07, 6.45) is 11.5. The third kappa shape index (κ3) is 3.67. The van der Waals surface area contributed by atoms with E-state index in [9.17, 15) is 4.79 Å². The average Bonchev–Trinajstić information content (AvgIpc) is 3.49. The van der Waals surface area contributed by atoms with Crippen LogP contribution in [-0.2, 0) is 9.53 Å². The van der Waals surface area contributed by atoms with Crippen LogP contribution >= 0.6 is 0 Å². The molecule has 3 fully saturated rings. The molecule has 4 heterocycles. The minimum Gasteiger partial charge on any atom is -0.383 e. The number of carbonyl (C=O) groups excluding carboxylic acids is 1. The van der Waals surface area contributed by atoms with Crippen LogP contribution in [-0.4, -0.2) is 57.6 Å². The molecule has 162 valence electrons. The van der Waals surface area contributed by atoms with E-state index in [1.165, 1.54) is 37.6 Å². The number of nitrogens with two attached hydrogens (primary N) is 1. The maximum absolute atomic E-state index is 12.8. The largest absolute Gasteiger partial charge is 0.383 e. The number of carbonyl (C=O) groups is 1. The first kappa shape index (κ1) is 19.8. The number of nitrogen functional groups attached to an aromatic ring is 1. The van der Waals surface area contributed by atoms with E-state index < -0.39 is 6.10 Å². The van der Waals surface area contributed by atoms with Crippen LogP contribution in [0.3, 0.4) is 0 Å². The summed E-state index contributed by atoms with van der Waals surface area (Å²) in [5.41, 5.74) is 8.32. The zero-order chi connectivity index (χ0) is 20.7. The standard InChI is InChI=1S/C22H32N6O2/c1-27-10-8-15(9-11-27)26-22(29)17-6-7-18(30-17)28-12-16(14-4-2-3-5-14)19-20(23)24-13-25-21(19)28/h12-15,17-18H,2-11H2,1H3,(H,26,29)(H2,23,24,25). The summed E-state index contributed by atoms with van der Waals surface area (Å²) >= 11 is 0. The molecular weight excluding hydrogens is 380 g/mol. The van der Waals surface area contributed by atoms with Gasteiger partial charge in [0.25, 0.3) is 0 Å². The second-order valence-electron chi connectivity index (χ2n) is 9.17. The molecule has 2 atom stereocenters. The smallest absolute Gasteiger partial charge is 0.249 e. The van der Waals surface area contributed by atoms with Gasteiger partial charge in [-0.25, -0.2) is 9.97 Å². The first-order chi connectivity index (χ1) is 14.6. The number of nitrogens with zero attached hydrogens (tertiary/aromatic N) is 4. The van der Waals surface area contributed by atoms with Crippen molar-refractivity contribution in [3.8, 4) is 0 Å². The molecule has 0 radical (unpaired) electrons. The highest BCUT2D eigenvalue weighted by Crippen LogP contribution is 2.41. The van der Waals surface area contributed by atoms with Gasteiger partial charge in [-0.05, 0) is 70.1 Å². The van der Waals surface area contributed by atoms with E-state index in [2.05, 4.69) is 38.0 Å². The lowest BCUT2D eigenvalue weighted by Gasteiger charge is -2.30. The van der Waals surface area contributed by atoms with Crippen LogP contribution in [0, 0.1) is 0 Å². The Balaban J connectivity index is 1.33. The van der Waals surface area contributed by atoms with Gasteiger partial charge in [0.2, 0.25) is 5.91 Å². The van der Waals surface area contributed by atoms with Gasteiger partial charge in [-0.2, -0.15) is 0 Å². The minimum absolute atomic E-state index is 0.0219. The number of hydrogen-bond acceptors (Lipinski definition) is 6. The molecule has 1 amide bonds. The lowest BCUT2D eigenvalue weighted by Crippen LogP contribution is -2.46. The molecule has 1 saturated carbocycles. The van der Waals surface area contributed by atoms with E-state index in [1.54, 1.807) is 0 Å². The van der Waals surface area contributed by atoms with E-state index in [0.717, 1.165) is 49.8 Å². The van der Waals surface area contributed by atoms with Gasteiger partial charge in [0, 0.05) is 12.2 Å². The molecule has 2 aliphatic heterocycles. The predicted octanol–water partition coefficient (Wildman–Crippen LogP) is 2.56. The topological polar surface area (TPSA) is 98.3 Å². The third-order valence-electron chi connectivity index (χ3n) is 7.13. The molecule has 2 saturated heterocycles. The van der Waals surface area contributed by atoms with Crippen molar-refractivity contribution >= 4 is 22.8 Å². The molecule has 0 spiro atoms. The van der Waals surface area contributed by atoms with Gasteiger partial charge >= 0.3 is 0 Å². The Kier molecular flexibility index (Phi) is 5.37. The van der Waals surface area contributed by atoms with Crippen molar-refractivity contribution in [2.45, 2.75) is 75.7 Å². The summed E-state index contributed by atoms with van der Waals surface area (Å²) in [6, 6.07) is 0.255. The van der Waals surface area contributed by atoms with Crippen LogP contribution in [0.1, 0.15) is 69.1 Å². The van der Waals surface area contributed by atoms with Gasteiger partial charge in [-0.3, -0.25) is 4.79 Å². The molecule has 30 heavy (non-hydrogen) atoms. The van der Waals surface area contributed by atoms with Crippen molar-refractivity contribution < 1.29 is 9.53 Å². The quantitative estimate of drug-likeness (QED) is 0.801. The van der Waals surface area contributed by atoms with Crippen molar-refractivity contribution in [3.05, 3.63) is 18.1 Å². The number of aromatic nitrogens is 3. The molecule has 8 nitrogen and oxygen atoms in total. The molecular formula is C22H32N6O2. The first-order valence-corrected chi connectivity index (χ1v) is 11.4. The lowest BCUT2D eigenvalue weighted by molar-refractivity contribution is -0.135. The van der Waals surface area contributed by atoms with Gasteiger partial charge in [-0.15, -0.1) is 0 Å². The number of anilines is 1. The van der Waals surface area contributed by atoms with Crippen molar-refractivity contribution in [1.29, 1.82) is 0 Å². The van der Waals surface area contributed by atoms with E-state index in [1.807, 2.05) is 0 Å². The first-order valence-electron chi connectivity index (χ1n) is 11.4. The van der Waals surface area contributed by atoms with Gasteiger partial charge in [0.1, 0.15) is 30.1 Å². The van der Waals surface area contributed by atoms with Crippen molar-refractivity contribution in [2.24, 2.45) is 0 Å². The number of fused-ring (bicyclic) bond motifs is 1. The number of amides is 1. The Morgan fingerprint density at radius 3 is 2.67 bits per heavy atom. The Morgan fingerprint density at radius 2 is 1.90 bits per heavy atom. The molecule has 2 unspecified atom stereocenters. The van der Waals surface area contributed by atoms with E-state index in [-0.39, 0.29) is 18.2 Å². The third-order valence-corrected chi connectivity index (χ3v) is 7.13. The maximum Gasteiger partial charge on any atom is 0.249 e. The van der Waals surface area contributed by atoms with Crippen LogP contribution in [0.5, 0.6) is 0 Å². The number of hydrogen-bond donors (Lipinski definition) is 2. The number of nitrogens with one attached hydrogen (secondary N) is 1. The Labute approximate surface area is 177 Å². The van der Waals surface area contributed by atoms with Crippen LogP contribution in [0.15, 0.2) is 12.5 Å². The highest BCUT2D eigenvalue weighted by atomic mass is 16.5. The van der Waals surface area contributed by atoms with E-state index >= 15 is 0 Å². The van der Waals surface area contributed by atoms with Crippen LogP contribution in [0.25, 0.3) is 11.0 Å². The Morgan fingerprint density at radius 1 is 1.13 bits per heavy atom. The zero-order valence-electron chi connectivity index (χ0n) is 17.7. The van der Waals surface area contributed by atoms with E-state index in [4.69, 9.17) is 10.5 Å². The fraction of sp³-hybridized carbons (Fsp3) is 0.682. The second kappa shape index (κ2) is 8.15. The van der Waals surface area contributed by atoms with Crippen LogP contribution in [0.4, 0.5) is 5.82 Å². The number of likely N-dealkylation sites (tertiary alicyclic amines) is 1. The average molecular weight is 413 g/mol. The molecule has 2 aromatic rings. The van der Waals surface area contributed by atoms with Crippen LogP contribution in [0.2, 0.25) is 0 Å². The van der Waals surface area contributed by atoms with Gasteiger partial charge in [0.05, 0.1) is 5.39 Å². The summed E-state index contributed by atoms with van der Waals surface area (Å²) in [5.74, 6) is 1.07. The molecule has 2 aromatic heterocycles. The molecule has 1 aliphatic carbocycles. The maximum atomic E-state index is 12.8. The summed E-state index contributed by atoms with van der Waals surface area (Å²) in [5, 5.41) is 4.17. The molecule has 0 aromatic carbocycles. The molecule has 0 bridgehead atoms. The fourth-order valence-corrected chi connectivity index (χ4v) is 5.37. The molecule has 5 rings (SSSR count). The number of ether oxygens (including phenoxy) is 1. The van der Waals surface area contributed by atoms with Crippen LogP contribution < -0.4 is 11.1 Å². The molecule has 3 N–H and O–H groups in total. The minimum atomic E-state index is -0.402. The summed E-state index contributed by atoms with van der Waals surface area (Å²) in [4.78, 5) is 23.9. The van der Waals surface area contributed by atoms with Gasteiger partial charge in [-0.1, -0.05) is 12.8 Å².